The standard InChI is InChI=1S/C13H35NO2Si3/c1-8-15-17(2,3)12-13-19(6,7)16-18(4,5)11-9-10-14/h8-14H2,1-7H3. The van der Waals surface area contributed by atoms with Crippen molar-refractivity contribution in [1.82, 2.24) is 0 Å². The molecule has 0 bridgehead atoms. The lowest BCUT2D eigenvalue weighted by molar-refractivity contribution is 0.329. The van der Waals surface area contributed by atoms with Gasteiger partial charge in [0.15, 0.2) is 25.0 Å². The summed E-state index contributed by atoms with van der Waals surface area (Å²) in [5.74, 6) is 0. The lowest BCUT2D eigenvalue weighted by atomic mass is 10.5. The number of hydrogen-bond donors (Lipinski definition) is 1. The van der Waals surface area contributed by atoms with Crippen LogP contribution in [0.25, 0.3) is 0 Å². The summed E-state index contributed by atoms with van der Waals surface area (Å²) in [6.45, 7) is 17.8. The molecule has 0 amide bonds. The van der Waals surface area contributed by atoms with Gasteiger partial charge in [-0.05, 0) is 77.3 Å². The van der Waals surface area contributed by atoms with Gasteiger partial charge in [0.25, 0.3) is 0 Å². The van der Waals surface area contributed by atoms with Crippen molar-refractivity contribution in [3.63, 3.8) is 0 Å². The molecule has 0 spiro atoms. The second kappa shape index (κ2) is 8.09. The van der Waals surface area contributed by atoms with Crippen molar-refractivity contribution in [2.24, 2.45) is 5.73 Å². The fraction of sp³-hybridized carbons (Fsp3) is 1.00. The molecular weight excluding hydrogens is 286 g/mol. The molecule has 3 nitrogen and oxygen atoms in total. The molecule has 0 saturated heterocycles. The van der Waals surface area contributed by atoms with Crippen molar-refractivity contribution < 1.29 is 8.54 Å². The second-order valence-corrected chi connectivity index (χ2v) is 20.4. The van der Waals surface area contributed by atoms with Crippen LogP contribution in [0.5, 0.6) is 0 Å². The minimum absolute atomic E-state index is 0.784. The fourth-order valence-electron chi connectivity index (χ4n) is 2.44. The van der Waals surface area contributed by atoms with Crippen LogP contribution in [0, 0.1) is 0 Å². The Morgan fingerprint density at radius 3 is 1.74 bits per heavy atom. The van der Waals surface area contributed by atoms with E-state index in [-0.39, 0.29) is 0 Å². The highest BCUT2D eigenvalue weighted by Gasteiger charge is 2.34. The first-order chi connectivity index (χ1) is 8.54. The summed E-state index contributed by atoms with van der Waals surface area (Å²) in [5.41, 5.74) is 5.62. The maximum atomic E-state index is 6.59. The van der Waals surface area contributed by atoms with Crippen LogP contribution in [-0.4, -0.2) is 38.1 Å². The predicted molar refractivity (Wildman–Crippen MR) is 93.2 cm³/mol. The first-order valence-electron chi connectivity index (χ1n) is 7.58. The minimum atomic E-state index is -1.55. The lowest BCUT2D eigenvalue weighted by Gasteiger charge is -2.35. The molecule has 0 heterocycles. The van der Waals surface area contributed by atoms with Gasteiger partial charge in [0.05, 0.1) is 0 Å². The van der Waals surface area contributed by atoms with Crippen molar-refractivity contribution in [1.29, 1.82) is 0 Å². The van der Waals surface area contributed by atoms with Crippen LogP contribution in [0.1, 0.15) is 13.3 Å². The zero-order valence-electron chi connectivity index (χ0n) is 14.1. The quantitative estimate of drug-likeness (QED) is 0.618. The van der Waals surface area contributed by atoms with Crippen LogP contribution in [-0.2, 0) is 8.54 Å². The van der Waals surface area contributed by atoms with Gasteiger partial charge in [-0.15, -0.1) is 0 Å². The average molecular weight is 322 g/mol. The van der Waals surface area contributed by atoms with Crippen LogP contribution < -0.4 is 5.73 Å². The third-order valence-corrected chi connectivity index (χ3v) is 13.9. The van der Waals surface area contributed by atoms with E-state index in [0.29, 0.717) is 0 Å². The summed E-state index contributed by atoms with van der Waals surface area (Å²) >= 11 is 0. The van der Waals surface area contributed by atoms with Crippen molar-refractivity contribution in [3.8, 4) is 0 Å². The maximum Gasteiger partial charge on any atom is 0.186 e. The van der Waals surface area contributed by atoms with Crippen molar-refractivity contribution in [2.75, 3.05) is 13.2 Å². The summed E-state index contributed by atoms with van der Waals surface area (Å²) in [7, 11) is -4.53. The second-order valence-electron chi connectivity index (χ2n) is 7.21. The monoisotopic (exact) mass is 321 g/mol. The molecule has 0 unspecified atom stereocenters. The van der Waals surface area contributed by atoms with Crippen LogP contribution in [0.2, 0.25) is 57.4 Å². The van der Waals surface area contributed by atoms with Crippen molar-refractivity contribution in [3.05, 3.63) is 0 Å². The molecule has 0 saturated carbocycles. The molecule has 0 aliphatic carbocycles. The highest BCUT2D eigenvalue weighted by Crippen LogP contribution is 2.26. The molecule has 0 aromatic rings. The fourth-order valence-corrected chi connectivity index (χ4v) is 16.0. The van der Waals surface area contributed by atoms with Gasteiger partial charge in [0.1, 0.15) is 0 Å². The first-order valence-corrected chi connectivity index (χ1v) is 16.9. The molecule has 0 fully saturated rings. The molecule has 0 radical (unpaired) electrons. The van der Waals surface area contributed by atoms with Gasteiger partial charge in [-0.1, -0.05) is 0 Å². The SMILES string of the molecule is CCO[Si](C)(C)CC[Si](C)(C)O[Si](C)(C)CCCN. The number of rotatable bonds is 10. The van der Waals surface area contributed by atoms with E-state index in [1.165, 1.54) is 18.1 Å². The highest BCUT2D eigenvalue weighted by molar-refractivity contribution is 6.85. The van der Waals surface area contributed by atoms with E-state index in [1.54, 1.807) is 0 Å². The lowest BCUT2D eigenvalue weighted by Crippen LogP contribution is -2.45. The zero-order valence-corrected chi connectivity index (χ0v) is 17.1. The summed E-state index contributed by atoms with van der Waals surface area (Å²) in [6.07, 6.45) is 1.10. The number of nitrogens with two attached hydrogens (primary N) is 1. The largest absolute Gasteiger partial charge is 0.456 e. The van der Waals surface area contributed by atoms with Crippen LogP contribution in [0.3, 0.4) is 0 Å². The first kappa shape index (κ1) is 19.5. The number of hydrogen-bond acceptors (Lipinski definition) is 3. The molecule has 0 aliphatic rings. The summed E-state index contributed by atoms with van der Waals surface area (Å²) in [6, 6.07) is 3.64. The average Bonchev–Trinajstić information content (AvgIpc) is 2.23. The molecule has 19 heavy (non-hydrogen) atoms. The van der Waals surface area contributed by atoms with E-state index < -0.39 is 25.0 Å². The van der Waals surface area contributed by atoms with Gasteiger partial charge in [0, 0.05) is 6.61 Å². The molecule has 0 atom stereocenters. The Labute approximate surface area is 123 Å². The van der Waals surface area contributed by atoms with Gasteiger partial charge in [-0.3, -0.25) is 0 Å². The minimum Gasteiger partial charge on any atom is -0.456 e. The Kier molecular flexibility index (Phi) is 8.32. The molecule has 6 heteroatoms. The maximum absolute atomic E-state index is 6.59. The van der Waals surface area contributed by atoms with Gasteiger partial charge >= 0.3 is 0 Å². The topological polar surface area (TPSA) is 44.5 Å². The van der Waals surface area contributed by atoms with Gasteiger partial charge in [0.2, 0.25) is 0 Å². The van der Waals surface area contributed by atoms with Crippen LogP contribution in [0.4, 0.5) is 0 Å². The van der Waals surface area contributed by atoms with E-state index in [2.05, 4.69) is 46.2 Å². The van der Waals surface area contributed by atoms with Gasteiger partial charge < -0.3 is 14.3 Å². The summed E-state index contributed by atoms with van der Waals surface area (Å²) in [5, 5.41) is 0. The van der Waals surface area contributed by atoms with Crippen LogP contribution >= 0.6 is 0 Å². The van der Waals surface area contributed by atoms with Crippen molar-refractivity contribution >= 4 is 25.0 Å². The molecule has 0 rings (SSSR count). The molecule has 0 aromatic carbocycles. The van der Waals surface area contributed by atoms with Gasteiger partial charge in [-0.25, -0.2) is 0 Å². The normalized spacial score (nSPS) is 13.9. The molecular formula is C13H35NO2Si3. The van der Waals surface area contributed by atoms with Crippen molar-refractivity contribution in [2.45, 2.75) is 70.8 Å². The Morgan fingerprint density at radius 2 is 1.26 bits per heavy atom. The molecule has 116 valence electrons. The highest BCUT2D eigenvalue weighted by atomic mass is 28.4. The zero-order chi connectivity index (χ0) is 15.2. The third-order valence-electron chi connectivity index (χ3n) is 3.40. The molecule has 0 aliphatic heterocycles. The Hall–Kier alpha value is 0.531. The van der Waals surface area contributed by atoms with E-state index in [4.69, 9.17) is 14.3 Å². The Balaban J connectivity index is 4.31. The van der Waals surface area contributed by atoms with E-state index in [0.717, 1.165) is 19.6 Å². The van der Waals surface area contributed by atoms with Crippen LogP contribution in [0.15, 0.2) is 0 Å². The van der Waals surface area contributed by atoms with E-state index in [9.17, 15) is 0 Å². The Bertz CT molecular complexity index is 258. The van der Waals surface area contributed by atoms with E-state index >= 15 is 0 Å². The summed E-state index contributed by atoms with van der Waals surface area (Å²) < 4.78 is 12.5. The molecule has 2 N–H and O–H groups in total. The smallest absolute Gasteiger partial charge is 0.186 e. The van der Waals surface area contributed by atoms with Gasteiger partial charge in [-0.2, -0.15) is 0 Å². The summed E-state index contributed by atoms with van der Waals surface area (Å²) in [4.78, 5) is 0. The van der Waals surface area contributed by atoms with E-state index in [1.807, 2.05) is 0 Å². The third kappa shape index (κ3) is 9.98. The Morgan fingerprint density at radius 1 is 0.789 bits per heavy atom. The molecule has 0 aromatic heterocycles. The predicted octanol–water partition coefficient (Wildman–Crippen LogP) is 4.00.